The Bertz CT molecular complexity index is 1020. The van der Waals surface area contributed by atoms with Gasteiger partial charge in [0.15, 0.2) is 0 Å². The van der Waals surface area contributed by atoms with Gasteiger partial charge in [0, 0.05) is 18.0 Å². The molecule has 0 unspecified atom stereocenters. The van der Waals surface area contributed by atoms with Gasteiger partial charge in [-0.25, -0.2) is 0 Å². The van der Waals surface area contributed by atoms with Crippen molar-refractivity contribution in [3.8, 4) is 5.75 Å². The van der Waals surface area contributed by atoms with Crippen molar-refractivity contribution in [3.63, 3.8) is 0 Å². The van der Waals surface area contributed by atoms with Crippen LogP contribution in [0.3, 0.4) is 0 Å². The van der Waals surface area contributed by atoms with Gasteiger partial charge in [-0.1, -0.05) is 91.0 Å². The van der Waals surface area contributed by atoms with Gasteiger partial charge in [0.2, 0.25) is 0 Å². The molecule has 0 atom stereocenters. The first-order valence-corrected chi connectivity index (χ1v) is 10.1. The molecule has 4 aromatic rings. The molecule has 0 N–H and O–H groups in total. The summed E-state index contributed by atoms with van der Waals surface area (Å²) in [4.78, 5) is 2.15. The van der Waals surface area contributed by atoms with E-state index in [2.05, 4.69) is 116 Å². The van der Waals surface area contributed by atoms with E-state index in [-0.39, 0.29) is 5.92 Å². The molecule has 0 heterocycles. The quantitative estimate of drug-likeness (QED) is 0.366. The summed E-state index contributed by atoms with van der Waals surface area (Å²) in [5.74, 6) is 1.07. The van der Waals surface area contributed by atoms with Crippen LogP contribution in [0.1, 0.15) is 22.6 Å². The summed E-state index contributed by atoms with van der Waals surface area (Å²) < 4.78 is 6.34. The molecule has 0 saturated carbocycles. The first-order valence-electron chi connectivity index (χ1n) is 10.1. The monoisotopic (exact) mass is 381 g/mol. The highest BCUT2D eigenvalue weighted by Gasteiger charge is 2.23. The smallest absolute Gasteiger partial charge is 0.124 e. The Labute approximate surface area is 173 Å². The number of fused-ring (bicyclic) bond motifs is 1. The summed E-state index contributed by atoms with van der Waals surface area (Å²) in [7, 11) is 4.14. The molecule has 0 bridgehead atoms. The van der Waals surface area contributed by atoms with E-state index in [0.29, 0.717) is 6.61 Å². The van der Waals surface area contributed by atoms with Crippen LogP contribution in [-0.4, -0.2) is 32.1 Å². The summed E-state index contributed by atoms with van der Waals surface area (Å²) in [6.45, 7) is 1.54. The molecular formula is C27H27NO. The molecule has 0 radical (unpaired) electrons. The summed E-state index contributed by atoms with van der Waals surface area (Å²) in [5.41, 5.74) is 3.78. The fourth-order valence-electron chi connectivity index (χ4n) is 3.85. The van der Waals surface area contributed by atoms with Gasteiger partial charge in [0.05, 0.1) is 0 Å². The van der Waals surface area contributed by atoms with Gasteiger partial charge >= 0.3 is 0 Å². The number of ether oxygens (including phenoxy) is 1. The maximum atomic E-state index is 6.34. The van der Waals surface area contributed by atoms with Gasteiger partial charge in [-0.2, -0.15) is 0 Å². The van der Waals surface area contributed by atoms with Crippen LogP contribution in [0.15, 0.2) is 97.1 Å². The molecule has 146 valence electrons. The minimum Gasteiger partial charge on any atom is -0.492 e. The van der Waals surface area contributed by atoms with E-state index in [4.69, 9.17) is 4.74 Å². The van der Waals surface area contributed by atoms with Crippen LogP contribution < -0.4 is 4.74 Å². The Morgan fingerprint density at radius 2 is 1.28 bits per heavy atom. The molecule has 0 aliphatic heterocycles. The third-order valence-electron chi connectivity index (χ3n) is 5.28. The zero-order valence-corrected chi connectivity index (χ0v) is 17.1. The van der Waals surface area contributed by atoms with E-state index in [1.54, 1.807) is 0 Å². The highest BCUT2D eigenvalue weighted by molar-refractivity contribution is 5.89. The third-order valence-corrected chi connectivity index (χ3v) is 5.28. The van der Waals surface area contributed by atoms with E-state index < -0.39 is 0 Å². The van der Waals surface area contributed by atoms with Gasteiger partial charge < -0.3 is 9.64 Å². The first kappa shape index (κ1) is 19.2. The lowest BCUT2D eigenvalue weighted by Crippen LogP contribution is -2.20. The second kappa shape index (κ2) is 8.93. The molecular weight excluding hydrogens is 354 g/mol. The molecule has 4 rings (SSSR count). The van der Waals surface area contributed by atoms with E-state index in [0.717, 1.165) is 12.3 Å². The van der Waals surface area contributed by atoms with Gasteiger partial charge in [-0.3, -0.25) is 0 Å². The van der Waals surface area contributed by atoms with Gasteiger partial charge in [-0.15, -0.1) is 0 Å². The molecule has 0 spiro atoms. The highest BCUT2D eigenvalue weighted by Crippen LogP contribution is 2.41. The van der Waals surface area contributed by atoms with Crippen molar-refractivity contribution in [1.29, 1.82) is 0 Å². The van der Waals surface area contributed by atoms with E-state index in [9.17, 15) is 0 Å². The normalized spacial score (nSPS) is 11.3. The summed E-state index contributed by atoms with van der Waals surface area (Å²) >= 11 is 0. The first-order chi connectivity index (χ1) is 14.2. The minimum absolute atomic E-state index is 0.109. The van der Waals surface area contributed by atoms with Crippen molar-refractivity contribution in [3.05, 3.63) is 114 Å². The number of hydrogen-bond donors (Lipinski definition) is 0. The topological polar surface area (TPSA) is 12.5 Å². The molecule has 0 fully saturated rings. The van der Waals surface area contributed by atoms with Crippen molar-refractivity contribution < 1.29 is 4.74 Å². The number of rotatable bonds is 7. The van der Waals surface area contributed by atoms with Gasteiger partial charge in [0.1, 0.15) is 12.4 Å². The van der Waals surface area contributed by atoms with Crippen LogP contribution >= 0.6 is 0 Å². The summed E-state index contributed by atoms with van der Waals surface area (Å²) in [6, 6.07) is 34.3. The van der Waals surface area contributed by atoms with Crippen molar-refractivity contribution in [2.45, 2.75) is 5.92 Å². The molecule has 2 heteroatoms. The average molecular weight is 382 g/mol. The summed E-state index contributed by atoms with van der Waals surface area (Å²) in [6.07, 6.45) is 0. The van der Waals surface area contributed by atoms with Gasteiger partial charge in [0.25, 0.3) is 0 Å². The summed E-state index contributed by atoms with van der Waals surface area (Å²) in [5, 5.41) is 2.48. The van der Waals surface area contributed by atoms with Crippen molar-refractivity contribution >= 4 is 10.8 Å². The van der Waals surface area contributed by atoms with Crippen LogP contribution in [0, 0.1) is 0 Å². The Hall–Kier alpha value is -3.10. The Balaban J connectivity index is 1.91. The van der Waals surface area contributed by atoms with Crippen molar-refractivity contribution in [2.75, 3.05) is 27.2 Å². The van der Waals surface area contributed by atoms with Crippen LogP contribution in [-0.2, 0) is 0 Å². The fraction of sp³-hybridized carbons (Fsp3) is 0.185. The Morgan fingerprint density at radius 3 is 1.90 bits per heavy atom. The number of hydrogen-bond acceptors (Lipinski definition) is 2. The maximum Gasteiger partial charge on any atom is 0.124 e. The van der Waals surface area contributed by atoms with Crippen LogP contribution in [0.2, 0.25) is 0 Å². The largest absolute Gasteiger partial charge is 0.492 e. The minimum atomic E-state index is 0.109. The highest BCUT2D eigenvalue weighted by atomic mass is 16.5. The lowest BCUT2D eigenvalue weighted by molar-refractivity contribution is 0.259. The average Bonchev–Trinajstić information content (AvgIpc) is 2.76. The third kappa shape index (κ3) is 4.33. The molecule has 2 nitrogen and oxygen atoms in total. The predicted octanol–water partition coefficient (Wildman–Crippen LogP) is 5.96. The Kier molecular flexibility index (Phi) is 5.92. The van der Waals surface area contributed by atoms with E-state index in [1.807, 2.05) is 0 Å². The molecule has 0 aromatic heterocycles. The van der Waals surface area contributed by atoms with Crippen molar-refractivity contribution in [1.82, 2.24) is 4.90 Å². The number of benzene rings is 4. The number of nitrogens with zero attached hydrogens (tertiary/aromatic N) is 1. The lowest BCUT2D eigenvalue weighted by Gasteiger charge is -2.24. The van der Waals surface area contributed by atoms with Crippen LogP contribution in [0.5, 0.6) is 5.75 Å². The molecule has 0 aliphatic carbocycles. The molecule has 4 aromatic carbocycles. The van der Waals surface area contributed by atoms with Crippen LogP contribution in [0.4, 0.5) is 0 Å². The molecule has 0 aliphatic rings. The van der Waals surface area contributed by atoms with Gasteiger partial charge in [-0.05, 0) is 42.1 Å². The fourth-order valence-corrected chi connectivity index (χ4v) is 3.85. The Morgan fingerprint density at radius 1 is 0.690 bits per heavy atom. The van der Waals surface area contributed by atoms with E-state index >= 15 is 0 Å². The standard InChI is InChI=1S/C27H27NO/c1-28(2)19-20-29-25-18-17-21-11-9-10-16-24(21)27(25)26(22-12-5-3-6-13-22)23-14-7-4-8-15-23/h3-18,26H,19-20H2,1-2H3. The van der Waals surface area contributed by atoms with Crippen molar-refractivity contribution in [2.24, 2.45) is 0 Å². The second-order valence-corrected chi connectivity index (χ2v) is 7.60. The number of likely N-dealkylation sites (N-methyl/N-ethyl adjacent to an activating group) is 1. The second-order valence-electron chi connectivity index (χ2n) is 7.60. The lowest BCUT2D eigenvalue weighted by atomic mass is 9.82. The predicted molar refractivity (Wildman–Crippen MR) is 122 cm³/mol. The van der Waals surface area contributed by atoms with E-state index in [1.165, 1.54) is 27.5 Å². The molecule has 29 heavy (non-hydrogen) atoms. The maximum absolute atomic E-state index is 6.34. The zero-order chi connectivity index (χ0) is 20.1. The zero-order valence-electron chi connectivity index (χ0n) is 17.1. The SMILES string of the molecule is CN(C)CCOc1ccc2ccccc2c1C(c1ccccc1)c1ccccc1. The molecule has 0 saturated heterocycles. The molecule has 0 amide bonds. The van der Waals surface area contributed by atoms with Crippen LogP contribution in [0.25, 0.3) is 10.8 Å².